The van der Waals surface area contributed by atoms with Gasteiger partial charge in [-0.25, -0.2) is 4.98 Å². The number of hydrogen-bond donors (Lipinski definition) is 0. The molecule has 4 aromatic rings. The normalized spacial score (nSPS) is 14.6. The number of aryl methyl sites for hydroxylation is 1. The van der Waals surface area contributed by atoms with Crippen LogP contribution in [0.1, 0.15) is 60.6 Å². The fourth-order valence-corrected chi connectivity index (χ4v) is 5.62. The summed E-state index contributed by atoms with van der Waals surface area (Å²) in [6.07, 6.45) is -3.85. The van der Waals surface area contributed by atoms with Crippen LogP contribution in [0.15, 0.2) is 59.2 Å². The number of benzene rings is 2. The third kappa shape index (κ3) is 6.82. The zero-order valence-electron chi connectivity index (χ0n) is 23.4. The lowest BCUT2D eigenvalue weighted by atomic mass is 10.0. The molecule has 11 heteroatoms. The van der Waals surface area contributed by atoms with Crippen LogP contribution in [0.3, 0.4) is 0 Å². The molecule has 2 aromatic carbocycles. The lowest BCUT2D eigenvalue weighted by Crippen LogP contribution is -2.31. The number of aromatic nitrogens is 2. The van der Waals surface area contributed by atoms with E-state index in [1.54, 1.807) is 11.8 Å². The smallest absolute Gasteiger partial charge is 0.416 e. The molecule has 224 valence electrons. The van der Waals surface area contributed by atoms with Crippen LogP contribution in [0.2, 0.25) is 0 Å². The first-order chi connectivity index (χ1) is 19.9. The topological polar surface area (TPSA) is 45.4 Å². The van der Waals surface area contributed by atoms with Crippen LogP contribution in [0, 0.1) is 12.8 Å². The molecule has 1 fully saturated rings. The van der Waals surface area contributed by atoms with E-state index in [4.69, 9.17) is 9.40 Å². The average molecular weight is 591 g/mol. The molecule has 2 aromatic heterocycles. The lowest BCUT2D eigenvalue weighted by molar-refractivity contribution is -0.143. The molecule has 0 N–H and O–H groups in total. The second kappa shape index (κ2) is 11.9. The van der Waals surface area contributed by atoms with Crippen molar-refractivity contribution in [3.05, 3.63) is 82.7 Å². The molecule has 1 aliphatic rings. The summed E-state index contributed by atoms with van der Waals surface area (Å²) in [5.41, 5.74) is -0.792. The van der Waals surface area contributed by atoms with Crippen molar-refractivity contribution < 1.29 is 30.8 Å². The van der Waals surface area contributed by atoms with Crippen LogP contribution in [-0.2, 0) is 25.4 Å². The van der Waals surface area contributed by atoms with Gasteiger partial charge in [-0.1, -0.05) is 31.0 Å². The molecule has 1 saturated carbocycles. The van der Waals surface area contributed by atoms with Crippen molar-refractivity contribution in [1.82, 2.24) is 9.97 Å². The van der Waals surface area contributed by atoms with E-state index >= 15 is 0 Å². The first kappa shape index (κ1) is 29.7. The Hall–Kier alpha value is -3.76. The third-order valence-corrected chi connectivity index (χ3v) is 7.67. The van der Waals surface area contributed by atoms with E-state index in [9.17, 15) is 26.3 Å². The van der Waals surface area contributed by atoms with E-state index in [0.29, 0.717) is 18.2 Å². The molecule has 1 aliphatic carbocycles. The van der Waals surface area contributed by atoms with Gasteiger partial charge in [0.25, 0.3) is 6.01 Å². The average Bonchev–Trinajstić information content (AvgIpc) is 3.61. The van der Waals surface area contributed by atoms with E-state index in [1.165, 1.54) is 19.1 Å². The van der Waals surface area contributed by atoms with Gasteiger partial charge >= 0.3 is 12.4 Å². The number of hydrogen-bond acceptors (Lipinski definition) is 5. The summed E-state index contributed by atoms with van der Waals surface area (Å²) < 4.78 is 87.3. The number of fused-ring (bicyclic) bond motifs is 1. The molecule has 0 atom stereocenters. The summed E-state index contributed by atoms with van der Waals surface area (Å²) in [7, 11) is 0. The number of rotatable bonds is 9. The van der Waals surface area contributed by atoms with Gasteiger partial charge in [0.2, 0.25) is 0 Å². The number of oxazole rings is 1. The van der Waals surface area contributed by atoms with E-state index in [0.717, 1.165) is 53.8 Å². The first-order valence-corrected chi connectivity index (χ1v) is 14.0. The minimum atomic E-state index is -4.95. The van der Waals surface area contributed by atoms with Gasteiger partial charge < -0.3 is 14.2 Å². The largest absolute Gasteiger partial charge is 0.432 e. The van der Waals surface area contributed by atoms with Crippen LogP contribution >= 0.6 is 0 Å². The molecule has 0 radical (unpaired) electrons. The Morgan fingerprint density at radius 3 is 2.12 bits per heavy atom. The number of para-hydroxylation sites is 1. The van der Waals surface area contributed by atoms with Gasteiger partial charge in [-0.15, -0.1) is 0 Å². The van der Waals surface area contributed by atoms with Crippen LogP contribution in [0.25, 0.3) is 10.9 Å². The fraction of sp³-hybridized carbons (Fsp3) is 0.419. The van der Waals surface area contributed by atoms with Gasteiger partial charge in [0, 0.05) is 30.6 Å². The monoisotopic (exact) mass is 590 g/mol. The summed E-state index contributed by atoms with van der Waals surface area (Å²) in [4.78, 5) is 13.1. The minimum absolute atomic E-state index is 0.0939. The molecular weight excluding hydrogens is 558 g/mol. The van der Waals surface area contributed by atoms with Crippen LogP contribution < -0.4 is 9.80 Å². The summed E-state index contributed by atoms with van der Waals surface area (Å²) in [5, 5.41) is 0.870. The maximum Gasteiger partial charge on any atom is 0.416 e. The summed E-state index contributed by atoms with van der Waals surface area (Å²) in [6, 6.07) is 11.3. The minimum Gasteiger partial charge on any atom is -0.432 e. The van der Waals surface area contributed by atoms with E-state index in [-0.39, 0.29) is 30.7 Å². The van der Waals surface area contributed by atoms with Crippen LogP contribution in [-0.4, -0.2) is 23.1 Å². The number of nitrogens with zero attached hydrogens (tertiary/aromatic N) is 4. The maximum atomic E-state index is 13.6. The van der Waals surface area contributed by atoms with E-state index in [1.807, 2.05) is 37.3 Å². The van der Waals surface area contributed by atoms with Crippen molar-refractivity contribution in [3.8, 4) is 0 Å². The van der Waals surface area contributed by atoms with Crippen molar-refractivity contribution >= 4 is 22.7 Å². The highest BCUT2D eigenvalue weighted by molar-refractivity contribution is 5.82. The van der Waals surface area contributed by atoms with Crippen LogP contribution in [0.5, 0.6) is 0 Å². The molecule has 0 spiro atoms. The predicted molar refractivity (Wildman–Crippen MR) is 149 cm³/mol. The lowest BCUT2D eigenvalue weighted by Gasteiger charge is -2.30. The molecule has 0 aliphatic heterocycles. The Labute approximate surface area is 240 Å². The molecule has 0 bridgehead atoms. The molecule has 0 unspecified atom stereocenters. The van der Waals surface area contributed by atoms with Gasteiger partial charge in [0.05, 0.1) is 28.9 Å². The number of alkyl halides is 6. The molecule has 5 nitrogen and oxygen atoms in total. The van der Waals surface area contributed by atoms with Crippen molar-refractivity contribution in [3.63, 3.8) is 0 Å². The molecular formula is C31H32F6N4O. The molecule has 0 saturated heterocycles. The third-order valence-electron chi connectivity index (χ3n) is 7.67. The number of halogens is 6. The SMILES string of the molecule is CCN(CC1CCCC1)c1nc2ccccc2cc1CN(Cc1cc(C(F)(F)F)cc(C(F)(F)F)c1)c1nc(C)co1. The Kier molecular flexibility index (Phi) is 8.39. The predicted octanol–water partition coefficient (Wildman–Crippen LogP) is 8.79. The van der Waals surface area contributed by atoms with E-state index in [2.05, 4.69) is 9.88 Å². The van der Waals surface area contributed by atoms with Gasteiger partial charge in [0.1, 0.15) is 12.1 Å². The van der Waals surface area contributed by atoms with Gasteiger partial charge in [0.15, 0.2) is 0 Å². The van der Waals surface area contributed by atoms with Gasteiger partial charge in [-0.05, 0) is 68.5 Å². The second-order valence-corrected chi connectivity index (χ2v) is 10.9. The first-order valence-electron chi connectivity index (χ1n) is 14.0. The quantitative estimate of drug-likeness (QED) is 0.182. The highest BCUT2D eigenvalue weighted by Crippen LogP contribution is 2.37. The number of pyridine rings is 1. The van der Waals surface area contributed by atoms with Gasteiger partial charge in [-0.2, -0.15) is 31.3 Å². The van der Waals surface area contributed by atoms with E-state index < -0.39 is 23.5 Å². The zero-order chi connectivity index (χ0) is 30.1. The maximum absolute atomic E-state index is 13.6. The Morgan fingerprint density at radius 1 is 0.857 bits per heavy atom. The Balaban J connectivity index is 1.57. The van der Waals surface area contributed by atoms with Crippen molar-refractivity contribution in [2.45, 2.75) is 65.0 Å². The second-order valence-electron chi connectivity index (χ2n) is 10.9. The Morgan fingerprint density at radius 2 is 1.52 bits per heavy atom. The van der Waals surface area contributed by atoms with Crippen LogP contribution in [0.4, 0.5) is 38.2 Å². The standard InChI is InChI=1S/C31H32F6N4O/c1-3-40(16-21-8-4-5-9-21)28-24(14-23-10-6-7-11-27(23)39-28)18-41(29-38-20(2)19-42-29)17-22-12-25(30(32,33)34)15-26(13-22)31(35,36)37/h6-7,10-15,19,21H,3-5,8-9,16-18H2,1-2H3. The van der Waals surface area contributed by atoms with Gasteiger partial charge in [-0.3, -0.25) is 0 Å². The highest BCUT2D eigenvalue weighted by atomic mass is 19.4. The summed E-state index contributed by atoms with van der Waals surface area (Å²) >= 11 is 0. The summed E-state index contributed by atoms with van der Waals surface area (Å²) in [6.45, 7) is 5.05. The molecule has 5 rings (SSSR count). The van der Waals surface area contributed by atoms with Crippen molar-refractivity contribution in [2.75, 3.05) is 22.9 Å². The Bertz CT molecular complexity index is 1490. The molecule has 42 heavy (non-hydrogen) atoms. The van der Waals surface area contributed by atoms with Crippen molar-refractivity contribution in [2.24, 2.45) is 5.92 Å². The fourth-order valence-electron chi connectivity index (χ4n) is 5.62. The zero-order valence-corrected chi connectivity index (χ0v) is 23.4. The van der Waals surface area contributed by atoms with Crippen molar-refractivity contribution in [1.29, 1.82) is 0 Å². The highest BCUT2D eigenvalue weighted by Gasteiger charge is 2.37. The molecule has 2 heterocycles. The molecule has 0 amide bonds. The summed E-state index contributed by atoms with van der Waals surface area (Å²) in [5.74, 6) is 1.26. The number of anilines is 2.